The van der Waals surface area contributed by atoms with Gasteiger partial charge in [-0.2, -0.15) is 0 Å². The van der Waals surface area contributed by atoms with E-state index in [0.29, 0.717) is 13.2 Å². The van der Waals surface area contributed by atoms with Crippen LogP contribution in [0.15, 0.2) is 30.3 Å². The van der Waals surface area contributed by atoms with E-state index in [1.807, 2.05) is 30.3 Å². The molecule has 0 aliphatic carbocycles. The van der Waals surface area contributed by atoms with Gasteiger partial charge in [0.2, 0.25) is 0 Å². The highest BCUT2D eigenvalue weighted by Gasteiger charge is 2.22. The van der Waals surface area contributed by atoms with E-state index in [1.54, 1.807) is 4.90 Å². The predicted molar refractivity (Wildman–Crippen MR) is 72.7 cm³/mol. The van der Waals surface area contributed by atoms with Gasteiger partial charge in [0.15, 0.2) is 0 Å². The Labute approximate surface area is 114 Å². The molecule has 1 aliphatic heterocycles. The third-order valence-electron chi connectivity index (χ3n) is 2.92. The lowest BCUT2D eigenvalue weighted by Crippen LogP contribution is -2.45. The van der Waals surface area contributed by atoms with Gasteiger partial charge in [-0.15, -0.1) is 12.4 Å². The van der Waals surface area contributed by atoms with Crippen molar-refractivity contribution in [2.45, 2.75) is 25.5 Å². The number of piperidine rings is 1. The molecule has 2 rings (SSSR count). The maximum absolute atomic E-state index is 11.8. The van der Waals surface area contributed by atoms with Crippen molar-refractivity contribution < 1.29 is 9.53 Å². The minimum absolute atomic E-state index is 0. The number of halogens is 1. The highest BCUT2D eigenvalue weighted by molar-refractivity contribution is 5.85. The molecule has 100 valence electrons. The third-order valence-corrected chi connectivity index (χ3v) is 2.92. The summed E-state index contributed by atoms with van der Waals surface area (Å²) in [5.74, 6) is 0. The van der Waals surface area contributed by atoms with E-state index < -0.39 is 0 Å². The molecule has 4 nitrogen and oxygen atoms in total. The topological polar surface area (TPSA) is 55.6 Å². The summed E-state index contributed by atoms with van der Waals surface area (Å²) in [7, 11) is 0. The summed E-state index contributed by atoms with van der Waals surface area (Å²) in [6.45, 7) is 1.68. The number of ether oxygens (including phenoxy) is 1. The van der Waals surface area contributed by atoms with Crippen molar-refractivity contribution in [3.63, 3.8) is 0 Å². The maximum atomic E-state index is 11.8. The van der Waals surface area contributed by atoms with Crippen molar-refractivity contribution in [2.24, 2.45) is 5.73 Å². The lowest BCUT2D eigenvalue weighted by molar-refractivity contribution is 0.0862. The van der Waals surface area contributed by atoms with E-state index in [-0.39, 0.29) is 24.5 Å². The second-order valence-corrected chi connectivity index (χ2v) is 4.39. The Hall–Kier alpha value is -1.26. The molecule has 1 aliphatic rings. The zero-order valence-electron chi connectivity index (χ0n) is 10.2. The SMILES string of the molecule is Cl.N[C@H]1CCCN(C(=O)OCc2ccccc2)C1. The number of hydrogen-bond donors (Lipinski definition) is 1. The van der Waals surface area contributed by atoms with E-state index in [0.717, 1.165) is 24.9 Å². The molecule has 1 aromatic rings. The molecular formula is C13H19ClN2O2. The van der Waals surface area contributed by atoms with Crippen LogP contribution < -0.4 is 5.73 Å². The zero-order valence-corrected chi connectivity index (χ0v) is 11.1. The molecule has 1 aromatic carbocycles. The molecule has 0 aromatic heterocycles. The number of carbonyl (C=O) groups is 1. The Bertz CT molecular complexity index is 373. The Kier molecular flexibility index (Phi) is 5.95. The lowest BCUT2D eigenvalue weighted by Gasteiger charge is -2.29. The van der Waals surface area contributed by atoms with Gasteiger partial charge in [0, 0.05) is 19.1 Å². The van der Waals surface area contributed by atoms with Gasteiger partial charge >= 0.3 is 6.09 Å². The minimum atomic E-state index is -0.260. The van der Waals surface area contributed by atoms with E-state index in [1.165, 1.54) is 0 Å². The van der Waals surface area contributed by atoms with E-state index in [4.69, 9.17) is 10.5 Å². The standard InChI is InChI=1S/C13H18N2O2.ClH/c14-12-7-4-8-15(9-12)13(16)17-10-11-5-2-1-3-6-11;/h1-3,5-6,12H,4,7-10,14H2;1H/t12-;/m0./s1. The fourth-order valence-electron chi connectivity index (χ4n) is 1.99. The molecule has 18 heavy (non-hydrogen) atoms. The Morgan fingerprint density at radius 3 is 2.78 bits per heavy atom. The van der Waals surface area contributed by atoms with Crippen LogP contribution in [0.5, 0.6) is 0 Å². The van der Waals surface area contributed by atoms with Crippen LogP contribution in [-0.4, -0.2) is 30.1 Å². The number of carbonyl (C=O) groups excluding carboxylic acids is 1. The molecule has 0 unspecified atom stereocenters. The van der Waals surface area contributed by atoms with Crippen molar-refractivity contribution >= 4 is 18.5 Å². The molecule has 2 N–H and O–H groups in total. The van der Waals surface area contributed by atoms with Crippen molar-refractivity contribution in [3.05, 3.63) is 35.9 Å². The quantitative estimate of drug-likeness (QED) is 0.896. The molecule has 0 spiro atoms. The van der Waals surface area contributed by atoms with Crippen LogP contribution in [0.1, 0.15) is 18.4 Å². The normalized spacial score (nSPS) is 18.9. The summed E-state index contributed by atoms with van der Waals surface area (Å²) in [5.41, 5.74) is 6.82. The number of benzene rings is 1. The second kappa shape index (κ2) is 7.24. The molecule has 0 saturated carbocycles. The van der Waals surface area contributed by atoms with Crippen molar-refractivity contribution in [2.75, 3.05) is 13.1 Å². The second-order valence-electron chi connectivity index (χ2n) is 4.39. The Balaban J connectivity index is 0.00000162. The number of rotatable bonds is 2. The van der Waals surface area contributed by atoms with Crippen LogP contribution in [0.25, 0.3) is 0 Å². The highest BCUT2D eigenvalue weighted by Crippen LogP contribution is 2.10. The smallest absolute Gasteiger partial charge is 0.410 e. The van der Waals surface area contributed by atoms with Gasteiger partial charge in [0.05, 0.1) is 0 Å². The number of nitrogens with zero attached hydrogens (tertiary/aromatic N) is 1. The van der Waals surface area contributed by atoms with Crippen LogP contribution >= 0.6 is 12.4 Å². The molecule has 0 bridgehead atoms. The van der Waals surface area contributed by atoms with Crippen LogP contribution in [0.4, 0.5) is 4.79 Å². The van der Waals surface area contributed by atoms with E-state index in [9.17, 15) is 4.79 Å². The number of hydrogen-bond acceptors (Lipinski definition) is 3. The van der Waals surface area contributed by atoms with Crippen molar-refractivity contribution in [1.82, 2.24) is 4.90 Å². The van der Waals surface area contributed by atoms with E-state index in [2.05, 4.69) is 0 Å². The van der Waals surface area contributed by atoms with Crippen molar-refractivity contribution in [1.29, 1.82) is 0 Å². The molecule has 1 heterocycles. The molecular weight excluding hydrogens is 252 g/mol. The monoisotopic (exact) mass is 270 g/mol. The maximum Gasteiger partial charge on any atom is 0.410 e. The number of amides is 1. The number of likely N-dealkylation sites (tertiary alicyclic amines) is 1. The first kappa shape index (κ1) is 14.8. The van der Waals surface area contributed by atoms with Gasteiger partial charge in [-0.3, -0.25) is 0 Å². The van der Waals surface area contributed by atoms with Gasteiger partial charge < -0.3 is 15.4 Å². The van der Waals surface area contributed by atoms with Gasteiger partial charge in [0.25, 0.3) is 0 Å². The summed E-state index contributed by atoms with van der Waals surface area (Å²) in [6.07, 6.45) is 1.69. The Morgan fingerprint density at radius 1 is 1.39 bits per heavy atom. The van der Waals surface area contributed by atoms with Crippen LogP contribution in [0.3, 0.4) is 0 Å². The fraction of sp³-hybridized carbons (Fsp3) is 0.462. The first-order chi connectivity index (χ1) is 8.25. The summed E-state index contributed by atoms with van der Waals surface area (Å²) in [6, 6.07) is 9.77. The fourth-order valence-corrected chi connectivity index (χ4v) is 1.99. The molecule has 1 saturated heterocycles. The molecule has 1 fully saturated rings. The van der Waals surface area contributed by atoms with Crippen LogP contribution in [-0.2, 0) is 11.3 Å². The minimum Gasteiger partial charge on any atom is -0.445 e. The molecule has 5 heteroatoms. The van der Waals surface area contributed by atoms with Gasteiger partial charge in [-0.05, 0) is 18.4 Å². The van der Waals surface area contributed by atoms with Gasteiger partial charge in [-0.1, -0.05) is 30.3 Å². The predicted octanol–water partition coefficient (Wildman–Crippen LogP) is 2.17. The first-order valence-corrected chi connectivity index (χ1v) is 5.97. The van der Waals surface area contributed by atoms with Gasteiger partial charge in [0.1, 0.15) is 6.61 Å². The van der Waals surface area contributed by atoms with Crippen LogP contribution in [0, 0.1) is 0 Å². The largest absolute Gasteiger partial charge is 0.445 e. The number of nitrogens with two attached hydrogens (primary N) is 1. The van der Waals surface area contributed by atoms with Crippen LogP contribution in [0.2, 0.25) is 0 Å². The zero-order chi connectivity index (χ0) is 12.1. The van der Waals surface area contributed by atoms with Gasteiger partial charge in [-0.25, -0.2) is 4.79 Å². The molecule has 0 radical (unpaired) electrons. The molecule has 1 atom stereocenters. The molecule has 1 amide bonds. The van der Waals surface area contributed by atoms with Crippen molar-refractivity contribution in [3.8, 4) is 0 Å². The average molecular weight is 271 g/mol. The lowest BCUT2D eigenvalue weighted by atomic mass is 10.1. The summed E-state index contributed by atoms with van der Waals surface area (Å²) in [4.78, 5) is 13.5. The summed E-state index contributed by atoms with van der Waals surface area (Å²) < 4.78 is 5.25. The Morgan fingerprint density at radius 2 is 2.11 bits per heavy atom. The summed E-state index contributed by atoms with van der Waals surface area (Å²) in [5, 5.41) is 0. The van der Waals surface area contributed by atoms with E-state index >= 15 is 0 Å². The summed E-state index contributed by atoms with van der Waals surface area (Å²) >= 11 is 0. The third kappa shape index (κ3) is 4.20. The highest BCUT2D eigenvalue weighted by atomic mass is 35.5. The first-order valence-electron chi connectivity index (χ1n) is 5.97. The average Bonchev–Trinajstić information content (AvgIpc) is 2.37.